The zero-order valence-corrected chi connectivity index (χ0v) is 17.3. The zero-order chi connectivity index (χ0) is 21.3. The molecule has 2 amide bonds. The molecule has 0 radical (unpaired) electrons. The maximum absolute atomic E-state index is 12.5. The lowest BCUT2D eigenvalue weighted by Gasteiger charge is -2.32. The third-order valence-electron chi connectivity index (χ3n) is 5.21. The standard InChI is InChI=1S/C23H27N3O4/c1-29-20-7-5-17(14-21(20)30-2)6-8-22(27)25-15-18-9-12-26(13-10-18)23(28)19-4-3-11-24-16-19/h3-8,11,14,16,18H,9-10,12-13,15H2,1-2H3,(H,25,27)/b8-6+. The zero-order valence-electron chi connectivity index (χ0n) is 17.3. The lowest BCUT2D eigenvalue weighted by Crippen LogP contribution is -2.41. The molecule has 1 aliphatic rings. The van der Waals surface area contributed by atoms with Gasteiger partial charge in [-0.25, -0.2) is 0 Å². The smallest absolute Gasteiger partial charge is 0.255 e. The van der Waals surface area contributed by atoms with Gasteiger partial charge in [0.2, 0.25) is 5.91 Å². The van der Waals surface area contributed by atoms with Gasteiger partial charge < -0.3 is 19.7 Å². The van der Waals surface area contributed by atoms with Crippen LogP contribution in [0.4, 0.5) is 0 Å². The third-order valence-corrected chi connectivity index (χ3v) is 5.21. The molecule has 3 rings (SSSR count). The molecular weight excluding hydrogens is 382 g/mol. The average Bonchev–Trinajstić information content (AvgIpc) is 2.81. The van der Waals surface area contributed by atoms with Crippen LogP contribution in [0.3, 0.4) is 0 Å². The molecule has 1 fully saturated rings. The minimum atomic E-state index is -0.140. The van der Waals surface area contributed by atoms with E-state index in [0.717, 1.165) is 18.4 Å². The molecule has 30 heavy (non-hydrogen) atoms. The Labute approximate surface area is 176 Å². The number of carbonyl (C=O) groups is 2. The van der Waals surface area contributed by atoms with Crippen LogP contribution in [0.15, 0.2) is 48.8 Å². The van der Waals surface area contributed by atoms with Crippen molar-refractivity contribution in [1.82, 2.24) is 15.2 Å². The molecule has 0 spiro atoms. The molecule has 0 saturated carbocycles. The fraction of sp³-hybridized carbons (Fsp3) is 0.348. The first kappa shape index (κ1) is 21.4. The molecule has 1 aromatic carbocycles. The number of aromatic nitrogens is 1. The van der Waals surface area contributed by atoms with Gasteiger partial charge in [-0.2, -0.15) is 0 Å². The van der Waals surface area contributed by atoms with Crippen molar-refractivity contribution in [3.8, 4) is 11.5 Å². The Morgan fingerprint density at radius 2 is 1.93 bits per heavy atom. The normalized spacial score (nSPS) is 14.5. The van der Waals surface area contributed by atoms with Crippen LogP contribution in [0.5, 0.6) is 11.5 Å². The minimum Gasteiger partial charge on any atom is -0.493 e. The number of rotatable bonds is 7. The van der Waals surface area contributed by atoms with E-state index in [1.54, 1.807) is 50.9 Å². The van der Waals surface area contributed by atoms with Crippen molar-refractivity contribution in [3.63, 3.8) is 0 Å². The van der Waals surface area contributed by atoms with Gasteiger partial charge in [-0.05, 0) is 54.7 Å². The molecule has 1 saturated heterocycles. The van der Waals surface area contributed by atoms with Crippen molar-refractivity contribution in [2.45, 2.75) is 12.8 Å². The van der Waals surface area contributed by atoms with E-state index in [0.29, 0.717) is 42.6 Å². The van der Waals surface area contributed by atoms with Gasteiger partial charge in [0.25, 0.3) is 5.91 Å². The van der Waals surface area contributed by atoms with Crippen molar-refractivity contribution in [3.05, 3.63) is 59.9 Å². The molecule has 2 heterocycles. The van der Waals surface area contributed by atoms with Gasteiger partial charge in [-0.15, -0.1) is 0 Å². The summed E-state index contributed by atoms with van der Waals surface area (Å²) in [6.07, 6.45) is 8.25. The first-order valence-corrected chi connectivity index (χ1v) is 9.98. The summed E-state index contributed by atoms with van der Waals surface area (Å²) in [6, 6.07) is 9.03. The fourth-order valence-corrected chi connectivity index (χ4v) is 3.44. The Morgan fingerprint density at radius 3 is 2.60 bits per heavy atom. The number of hydrogen-bond acceptors (Lipinski definition) is 5. The van der Waals surface area contributed by atoms with E-state index in [9.17, 15) is 9.59 Å². The molecule has 2 aromatic rings. The predicted octanol–water partition coefficient (Wildman–Crippen LogP) is 2.78. The molecule has 0 bridgehead atoms. The molecule has 1 aromatic heterocycles. The number of piperidine rings is 1. The Bertz CT molecular complexity index is 891. The van der Waals surface area contributed by atoms with Crippen LogP contribution in [-0.2, 0) is 4.79 Å². The average molecular weight is 409 g/mol. The Balaban J connectivity index is 1.44. The summed E-state index contributed by atoms with van der Waals surface area (Å²) in [7, 11) is 3.16. The van der Waals surface area contributed by atoms with E-state index in [-0.39, 0.29) is 11.8 Å². The van der Waals surface area contributed by atoms with Crippen molar-refractivity contribution >= 4 is 17.9 Å². The van der Waals surface area contributed by atoms with Crippen LogP contribution in [-0.4, -0.2) is 55.6 Å². The molecule has 0 unspecified atom stereocenters. The summed E-state index contributed by atoms with van der Waals surface area (Å²) in [4.78, 5) is 30.5. The van der Waals surface area contributed by atoms with Crippen LogP contribution in [0.1, 0.15) is 28.8 Å². The summed E-state index contributed by atoms with van der Waals surface area (Å²) in [5, 5.41) is 2.95. The van der Waals surface area contributed by atoms with Crippen molar-refractivity contribution in [1.29, 1.82) is 0 Å². The number of hydrogen-bond donors (Lipinski definition) is 1. The van der Waals surface area contributed by atoms with Crippen molar-refractivity contribution in [2.75, 3.05) is 33.9 Å². The molecule has 1 aliphatic heterocycles. The number of pyridine rings is 1. The summed E-state index contributed by atoms with van der Waals surface area (Å²) in [5.41, 5.74) is 1.47. The number of benzene rings is 1. The van der Waals surface area contributed by atoms with Crippen molar-refractivity contribution < 1.29 is 19.1 Å². The van der Waals surface area contributed by atoms with E-state index in [1.807, 2.05) is 17.0 Å². The topological polar surface area (TPSA) is 80.8 Å². The molecule has 0 aliphatic carbocycles. The Morgan fingerprint density at radius 1 is 1.17 bits per heavy atom. The summed E-state index contributed by atoms with van der Waals surface area (Å²) in [6.45, 7) is 1.98. The van der Waals surface area contributed by atoms with E-state index in [4.69, 9.17) is 9.47 Å². The van der Waals surface area contributed by atoms with Gasteiger partial charge in [0.05, 0.1) is 19.8 Å². The van der Waals surface area contributed by atoms with Crippen LogP contribution in [0.2, 0.25) is 0 Å². The lowest BCUT2D eigenvalue weighted by molar-refractivity contribution is -0.116. The monoisotopic (exact) mass is 409 g/mol. The lowest BCUT2D eigenvalue weighted by atomic mass is 9.96. The van der Waals surface area contributed by atoms with Gasteiger partial charge in [0.1, 0.15) is 0 Å². The van der Waals surface area contributed by atoms with Gasteiger partial charge in [0, 0.05) is 38.1 Å². The number of carbonyl (C=O) groups excluding carboxylic acids is 2. The highest BCUT2D eigenvalue weighted by Gasteiger charge is 2.23. The molecule has 0 atom stereocenters. The van der Waals surface area contributed by atoms with Crippen molar-refractivity contribution in [2.24, 2.45) is 5.92 Å². The molecule has 1 N–H and O–H groups in total. The van der Waals surface area contributed by atoms with Crippen LogP contribution < -0.4 is 14.8 Å². The Hall–Kier alpha value is -3.35. The number of methoxy groups -OCH3 is 2. The van der Waals surface area contributed by atoms with Crippen LogP contribution in [0, 0.1) is 5.92 Å². The molecule has 7 nitrogen and oxygen atoms in total. The molecular formula is C23H27N3O4. The summed E-state index contributed by atoms with van der Waals surface area (Å²) >= 11 is 0. The number of nitrogens with zero attached hydrogens (tertiary/aromatic N) is 2. The van der Waals surface area contributed by atoms with Gasteiger partial charge >= 0.3 is 0 Å². The number of ether oxygens (including phenoxy) is 2. The number of amides is 2. The third kappa shape index (κ3) is 5.59. The van der Waals surface area contributed by atoms with E-state index < -0.39 is 0 Å². The number of likely N-dealkylation sites (tertiary alicyclic amines) is 1. The predicted molar refractivity (Wildman–Crippen MR) is 114 cm³/mol. The van der Waals surface area contributed by atoms with Gasteiger partial charge in [-0.1, -0.05) is 6.07 Å². The van der Waals surface area contributed by atoms with Gasteiger partial charge in [-0.3, -0.25) is 14.6 Å². The minimum absolute atomic E-state index is 0.0171. The first-order valence-electron chi connectivity index (χ1n) is 9.98. The first-order chi connectivity index (χ1) is 14.6. The molecule has 7 heteroatoms. The highest BCUT2D eigenvalue weighted by molar-refractivity contribution is 5.94. The number of nitrogens with one attached hydrogen (secondary N) is 1. The maximum Gasteiger partial charge on any atom is 0.255 e. The largest absolute Gasteiger partial charge is 0.493 e. The fourth-order valence-electron chi connectivity index (χ4n) is 3.44. The van der Waals surface area contributed by atoms with E-state index >= 15 is 0 Å². The molecule has 158 valence electrons. The Kier molecular flexibility index (Phi) is 7.43. The van der Waals surface area contributed by atoms with Crippen LogP contribution in [0.25, 0.3) is 6.08 Å². The quantitative estimate of drug-likeness (QED) is 0.712. The maximum atomic E-state index is 12.5. The second-order valence-electron chi connectivity index (χ2n) is 7.17. The van der Waals surface area contributed by atoms with E-state index in [1.165, 1.54) is 6.08 Å². The highest BCUT2D eigenvalue weighted by atomic mass is 16.5. The van der Waals surface area contributed by atoms with Crippen LogP contribution >= 0.6 is 0 Å². The second kappa shape index (κ2) is 10.4. The summed E-state index contributed by atoms with van der Waals surface area (Å²) < 4.78 is 10.5. The van der Waals surface area contributed by atoms with E-state index in [2.05, 4.69) is 10.3 Å². The van der Waals surface area contributed by atoms with Gasteiger partial charge in [0.15, 0.2) is 11.5 Å². The summed E-state index contributed by atoms with van der Waals surface area (Å²) in [5.74, 6) is 1.50. The SMILES string of the molecule is COc1ccc(/C=C/C(=O)NCC2CCN(C(=O)c3cccnc3)CC2)cc1OC. The second-order valence-corrected chi connectivity index (χ2v) is 7.17. The highest BCUT2D eigenvalue weighted by Crippen LogP contribution is 2.28.